The van der Waals surface area contributed by atoms with Crippen LogP contribution in [0.25, 0.3) is 22.5 Å². The lowest BCUT2D eigenvalue weighted by Gasteiger charge is -2.11. The number of hydrazine groups is 1. The van der Waals surface area contributed by atoms with Gasteiger partial charge in [-0.1, -0.05) is 17.3 Å². The number of rotatable bonds is 4. The van der Waals surface area contributed by atoms with Gasteiger partial charge in [0.1, 0.15) is 11.6 Å². The molecule has 2 heterocycles. The van der Waals surface area contributed by atoms with E-state index in [1.54, 1.807) is 0 Å². The van der Waals surface area contributed by atoms with Crippen molar-refractivity contribution in [3.63, 3.8) is 0 Å². The molecule has 0 saturated carbocycles. The van der Waals surface area contributed by atoms with Crippen LogP contribution in [0.3, 0.4) is 0 Å². The molecular weight excluding hydrogens is 443 g/mol. The maximum Gasteiger partial charge on any atom is 0.472 e. The Bertz CT molecular complexity index is 1160. The fourth-order valence-electron chi connectivity index (χ4n) is 2.53. The third-order valence-corrected chi connectivity index (χ3v) is 3.96. The Morgan fingerprint density at radius 1 is 1.12 bits per heavy atom. The average Bonchev–Trinajstić information content (AvgIpc) is 3.15. The molecule has 0 unspecified atom stereocenters. The van der Waals surface area contributed by atoms with Gasteiger partial charge < -0.3 is 9.84 Å². The number of pyridine rings is 1. The van der Waals surface area contributed by atoms with Crippen LogP contribution in [0, 0.1) is 18.6 Å². The number of amides is 3. The summed E-state index contributed by atoms with van der Waals surface area (Å²) in [5.41, 5.74) is 2.70. The maximum atomic E-state index is 14.5. The summed E-state index contributed by atoms with van der Waals surface area (Å²) in [5, 5.41) is 5.70. The Morgan fingerprint density at radius 3 is 2.50 bits per heavy atom. The van der Waals surface area contributed by atoms with Gasteiger partial charge in [0, 0.05) is 18.7 Å². The number of aromatic nitrogens is 3. The van der Waals surface area contributed by atoms with Crippen molar-refractivity contribution >= 4 is 11.9 Å². The van der Waals surface area contributed by atoms with E-state index >= 15 is 0 Å². The number of nitrogens with zero attached hydrogens (tertiary/aromatic N) is 3. The van der Waals surface area contributed by atoms with Crippen LogP contribution in [-0.2, 0) is 11.3 Å². The summed E-state index contributed by atoms with van der Waals surface area (Å²) < 4.78 is 70.0. The molecule has 3 rings (SSSR count). The smallest absolute Gasteiger partial charge is 0.339 e. The minimum absolute atomic E-state index is 0.0313. The van der Waals surface area contributed by atoms with E-state index in [1.807, 2.05) is 5.32 Å². The monoisotopic (exact) mass is 456 g/mol. The van der Waals surface area contributed by atoms with Crippen LogP contribution in [-0.4, -0.2) is 33.2 Å². The van der Waals surface area contributed by atoms with Gasteiger partial charge in [0.05, 0.1) is 17.8 Å². The second-order valence-corrected chi connectivity index (χ2v) is 6.21. The van der Waals surface area contributed by atoms with Gasteiger partial charge in [0.2, 0.25) is 11.7 Å². The summed E-state index contributed by atoms with van der Waals surface area (Å²) in [5.74, 6) is -3.79. The van der Waals surface area contributed by atoms with E-state index < -0.39 is 36.3 Å². The van der Waals surface area contributed by atoms with E-state index in [0.29, 0.717) is 0 Å². The van der Waals surface area contributed by atoms with Gasteiger partial charge in [-0.15, -0.1) is 0 Å². The van der Waals surface area contributed by atoms with Crippen LogP contribution in [0.4, 0.5) is 26.7 Å². The fourth-order valence-corrected chi connectivity index (χ4v) is 2.53. The number of benzene rings is 1. The van der Waals surface area contributed by atoms with Gasteiger partial charge >= 0.3 is 18.1 Å². The third kappa shape index (κ3) is 5.14. The molecule has 0 fully saturated rings. The van der Waals surface area contributed by atoms with Crippen molar-refractivity contribution in [3.05, 3.63) is 53.7 Å². The highest BCUT2D eigenvalue weighted by Crippen LogP contribution is 2.33. The molecule has 0 bridgehead atoms. The lowest BCUT2D eigenvalue weighted by Crippen LogP contribution is -2.51. The van der Waals surface area contributed by atoms with Crippen molar-refractivity contribution in [1.29, 1.82) is 0 Å². The highest BCUT2D eigenvalue weighted by molar-refractivity contribution is 5.84. The number of nitrogens with one attached hydrogen (secondary N) is 3. The number of hydrogen-bond acceptors (Lipinski definition) is 6. The molecule has 0 aliphatic rings. The van der Waals surface area contributed by atoms with Gasteiger partial charge in [0.15, 0.2) is 0 Å². The highest BCUT2D eigenvalue weighted by atomic mass is 19.4. The SMILES string of the molecule is Cc1nc(-c2c(F)cccc2-c2cnc(CNC(=O)NNC(=O)C(F)(F)F)c(F)c2)no1. The van der Waals surface area contributed by atoms with Crippen LogP contribution in [0.1, 0.15) is 11.6 Å². The van der Waals surface area contributed by atoms with Crippen LogP contribution in [0.5, 0.6) is 0 Å². The first-order valence-electron chi connectivity index (χ1n) is 8.71. The van der Waals surface area contributed by atoms with Crippen molar-refractivity contribution in [3.8, 4) is 22.5 Å². The zero-order chi connectivity index (χ0) is 23.5. The summed E-state index contributed by atoms with van der Waals surface area (Å²) in [6.07, 6.45) is -3.98. The van der Waals surface area contributed by atoms with E-state index in [2.05, 4.69) is 15.1 Å². The summed E-state index contributed by atoms with van der Waals surface area (Å²) in [6.45, 7) is 1.00. The molecule has 14 heteroatoms. The van der Waals surface area contributed by atoms with Gasteiger partial charge in [-0.3, -0.25) is 15.2 Å². The van der Waals surface area contributed by atoms with Crippen LogP contribution >= 0.6 is 0 Å². The summed E-state index contributed by atoms with van der Waals surface area (Å²) in [6, 6.07) is 3.86. The number of aryl methyl sites for hydroxylation is 1. The molecule has 0 aliphatic heterocycles. The Kier molecular flexibility index (Phi) is 6.32. The van der Waals surface area contributed by atoms with Gasteiger partial charge in [-0.05, 0) is 17.7 Å². The molecule has 1 aromatic carbocycles. The van der Waals surface area contributed by atoms with Crippen molar-refractivity contribution < 1.29 is 36.1 Å². The van der Waals surface area contributed by atoms with Crippen LogP contribution in [0.2, 0.25) is 0 Å². The molecular formula is C18H13F5N6O3. The largest absolute Gasteiger partial charge is 0.472 e. The molecule has 3 aromatic rings. The molecule has 0 atom stereocenters. The average molecular weight is 456 g/mol. The molecule has 3 amide bonds. The summed E-state index contributed by atoms with van der Waals surface area (Å²) >= 11 is 0. The first-order valence-corrected chi connectivity index (χ1v) is 8.71. The Labute approximate surface area is 176 Å². The van der Waals surface area contributed by atoms with Gasteiger partial charge in [-0.25, -0.2) is 19.0 Å². The van der Waals surface area contributed by atoms with E-state index in [9.17, 15) is 31.5 Å². The lowest BCUT2D eigenvalue weighted by molar-refractivity contribution is -0.174. The first-order chi connectivity index (χ1) is 15.1. The second kappa shape index (κ2) is 8.95. The maximum absolute atomic E-state index is 14.5. The Morgan fingerprint density at radius 2 is 1.88 bits per heavy atom. The Balaban J connectivity index is 1.74. The van der Waals surface area contributed by atoms with Crippen molar-refractivity contribution in [2.75, 3.05) is 0 Å². The molecule has 2 aromatic heterocycles. The number of carbonyl (C=O) groups is 2. The number of halogens is 5. The molecule has 0 spiro atoms. The van der Waals surface area contributed by atoms with Crippen molar-refractivity contribution in [1.82, 2.24) is 31.3 Å². The quantitative estimate of drug-likeness (QED) is 0.410. The van der Waals surface area contributed by atoms with Gasteiger partial charge in [-0.2, -0.15) is 18.2 Å². The lowest BCUT2D eigenvalue weighted by atomic mass is 9.99. The van der Waals surface area contributed by atoms with Crippen LogP contribution < -0.4 is 16.2 Å². The van der Waals surface area contributed by atoms with Crippen LogP contribution in [0.15, 0.2) is 35.0 Å². The molecule has 0 aliphatic carbocycles. The fraction of sp³-hybridized carbons (Fsp3) is 0.167. The first kappa shape index (κ1) is 22.6. The van der Waals surface area contributed by atoms with E-state index in [0.717, 1.165) is 11.5 Å². The summed E-state index contributed by atoms with van der Waals surface area (Å²) in [7, 11) is 0. The minimum atomic E-state index is -5.19. The summed E-state index contributed by atoms with van der Waals surface area (Å²) in [4.78, 5) is 29.9. The normalized spacial score (nSPS) is 11.2. The predicted molar refractivity (Wildman–Crippen MR) is 97.2 cm³/mol. The number of hydrogen-bond donors (Lipinski definition) is 3. The number of alkyl halides is 3. The van der Waals surface area contributed by atoms with Crippen molar-refractivity contribution in [2.45, 2.75) is 19.6 Å². The van der Waals surface area contributed by atoms with Crippen molar-refractivity contribution in [2.24, 2.45) is 0 Å². The zero-order valence-electron chi connectivity index (χ0n) is 16.1. The second-order valence-electron chi connectivity index (χ2n) is 6.21. The topological polar surface area (TPSA) is 122 Å². The predicted octanol–water partition coefficient (Wildman–Crippen LogP) is 2.78. The minimum Gasteiger partial charge on any atom is -0.339 e. The zero-order valence-corrected chi connectivity index (χ0v) is 16.1. The van der Waals surface area contributed by atoms with E-state index in [-0.39, 0.29) is 34.1 Å². The molecule has 0 saturated heterocycles. The molecule has 0 radical (unpaired) electrons. The third-order valence-electron chi connectivity index (χ3n) is 3.96. The molecule has 9 nitrogen and oxygen atoms in total. The van der Waals surface area contributed by atoms with E-state index in [1.165, 1.54) is 36.7 Å². The molecule has 3 N–H and O–H groups in total. The number of urea groups is 1. The standard InChI is InChI=1S/C18H13F5N6O3/c1-8-26-15(29-32-8)14-10(3-2-4-11(14)19)9-5-12(20)13(24-6-9)7-25-17(31)28-27-16(30)18(21,22)23/h2-6H,7H2,1H3,(H,27,30)(H2,25,28,31). The van der Waals surface area contributed by atoms with E-state index in [4.69, 9.17) is 4.52 Å². The molecule has 32 heavy (non-hydrogen) atoms. The number of carbonyl (C=O) groups excluding carboxylic acids is 2. The Hall–Kier alpha value is -4.10. The highest BCUT2D eigenvalue weighted by Gasteiger charge is 2.38. The van der Waals surface area contributed by atoms with Gasteiger partial charge in [0.25, 0.3) is 0 Å². The molecule has 168 valence electrons.